The Morgan fingerprint density at radius 1 is 1.04 bits per heavy atom. The molecule has 3 atom stereocenters. The number of pyridine rings is 1. The van der Waals surface area contributed by atoms with E-state index in [-0.39, 0.29) is 24.0 Å². The molecule has 0 unspecified atom stereocenters. The van der Waals surface area contributed by atoms with Crippen molar-refractivity contribution in [3.05, 3.63) is 100 Å². The lowest BCUT2D eigenvalue weighted by molar-refractivity contribution is -0.123. The van der Waals surface area contributed by atoms with Crippen LogP contribution < -0.4 is 5.32 Å². The maximum atomic E-state index is 15.2. The van der Waals surface area contributed by atoms with Gasteiger partial charge in [0, 0.05) is 23.1 Å². The number of benzene rings is 2. The molecule has 2 aromatic carbocycles. The first kappa shape index (κ1) is 28.8. The van der Waals surface area contributed by atoms with Gasteiger partial charge >= 0.3 is 0 Å². The first-order chi connectivity index (χ1) is 22.1. The van der Waals surface area contributed by atoms with Gasteiger partial charge in [-0.1, -0.05) is 24.3 Å². The SMILES string of the molecule is O=C(Cn1nc(C(F)F)c2c1C(F)(F)[C@@H]1C[C@H]21)N[C@@H](Cc1cc(F)cc(F)c1)c1nc2cn[nH]c2cc1-c1ccc(C2CC2)cc1. The molecule has 8 rings (SSSR count). The number of hydrogen-bond donors (Lipinski definition) is 2. The number of nitrogens with zero attached hydrogens (tertiary/aromatic N) is 4. The number of nitrogens with one attached hydrogen (secondary N) is 2. The standard InChI is InChI=1S/C33H26F6N6O/c34-19-7-15(8-20(35)10-19)9-25(41-27(46)14-45-31-28(30(44-45)32(36)37)22-11-23(22)33(31,38)39)29-21(12-24-26(42-29)13-40-43-24)18-5-3-17(4-6-18)16-1-2-16/h3-8,10,12-13,16,22-23,25,32H,1-2,9,11,14H2,(H,40,43)(H,41,46)/t22-,23+,25-/m0/s1. The van der Waals surface area contributed by atoms with Crippen molar-refractivity contribution in [1.29, 1.82) is 0 Å². The lowest BCUT2D eigenvalue weighted by Gasteiger charge is -2.23. The van der Waals surface area contributed by atoms with E-state index < -0.39 is 65.7 Å². The van der Waals surface area contributed by atoms with Gasteiger partial charge in [-0.2, -0.15) is 19.0 Å². The van der Waals surface area contributed by atoms with Crippen LogP contribution in [0.2, 0.25) is 0 Å². The summed E-state index contributed by atoms with van der Waals surface area (Å²) in [6.45, 7) is -0.766. The maximum absolute atomic E-state index is 15.2. The molecule has 0 aliphatic heterocycles. The summed E-state index contributed by atoms with van der Waals surface area (Å²) in [6, 6.07) is 11.7. The van der Waals surface area contributed by atoms with Gasteiger partial charge in [0.1, 0.15) is 35.1 Å². The van der Waals surface area contributed by atoms with E-state index >= 15 is 8.78 Å². The minimum Gasteiger partial charge on any atom is -0.346 e. The lowest BCUT2D eigenvalue weighted by atomic mass is 9.94. The van der Waals surface area contributed by atoms with Crippen molar-refractivity contribution in [1.82, 2.24) is 30.3 Å². The van der Waals surface area contributed by atoms with Gasteiger partial charge in [-0.15, -0.1) is 0 Å². The highest BCUT2D eigenvalue weighted by Crippen LogP contribution is 2.68. The average molecular weight is 637 g/mol. The number of halogens is 6. The van der Waals surface area contributed by atoms with E-state index in [9.17, 15) is 22.4 Å². The van der Waals surface area contributed by atoms with E-state index in [4.69, 9.17) is 4.98 Å². The van der Waals surface area contributed by atoms with Crippen LogP contribution in [0.1, 0.15) is 77.3 Å². The molecule has 0 bridgehead atoms. The minimum atomic E-state index is -3.40. The van der Waals surface area contributed by atoms with Gasteiger partial charge in [0.05, 0.1) is 23.4 Å². The third kappa shape index (κ3) is 4.92. The number of H-pyrrole nitrogens is 1. The van der Waals surface area contributed by atoms with Crippen LogP contribution in [0.25, 0.3) is 22.2 Å². The third-order valence-corrected chi connectivity index (χ3v) is 9.21. The fourth-order valence-electron chi connectivity index (χ4n) is 6.88. The summed E-state index contributed by atoms with van der Waals surface area (Å²) in [5, 5.41) is 13.5. The second kappa shape index (κ2) is 10.4. The molecule has 3 aromatic heterocycles. The highest BCUT2D eigenvalue weighted by molar-refractivity contribution is 5.83. The summed E-state index contributed by atoms with van der Waals surface area (Å²) in [5.41, 5.74) is 2.63. The van der Waals surface area contributed by atoms with Crippen LogP contribution in [-0.4, -0.2) is 30.9 Å². The van der Waals surface area contributed by atoms with Crippen LogP contribution in [0.3, 0.4) is 0 Å². The summed E-state index contributed by atoms with van der Waals surface area (Å²) in [6.07, 6.45) is 0.627. The number of alkyl halides is 4. The van der Waals surface area contributed by atoms with Gasteiger partial charge < -0.3 is 5.32 Å². The lowest BCUT2D eigenvalue weighted by Crippen LogP contribution is -2.35. The van der Waals surface area contributed by atoms with Gasteiger partial charge in [0.15, 0.2) is 0 Å². The summed E-state index contributed by atoms with van der Waals surface area (Å²) < 4.78 is 87.2. The van der Waals surface area contributed by atoms with E-state index in [0.717, 1.165) is 36.6 Å². The van der Waals surface area contributed by atoms with Crippen LogP contribution in [0.5, 0.6) is 0 Å². The van der Waals surface area contributed by atoms with E-state index in [1.165, 1.54) is 11.8 Å². The molecule has 46 heavy (non-hydrogen) atoms. The first-order valence-electron chi connectivity index (χ1n) is 15.0. The second-order valence-corrected chi connectivity index (χ2v) is 12.4. The zero-order valence-corrected chi connectivity index (χ0v) is 24.1. The van der Waals surface area contributed by atoms with Crippen molar-refractivity contribution in [2.45, 2.75) is 62.5 Å². The summed E-state index contributed by atoms with van der Waals surface area (Å²) in [4.78, 5) is 18.4. The van der Waals surface area contributed by atoms with E-state index in [1.807, 2.05) is 30.3 Å². The largest absolute Gasteiger partial charge is 0.346 e. The highest BCUT2D eigenvalue weighted by atomic mass is 19.3. The number of carbonyl (C=O) groups excluding carboxylic acids is 1. The highest BCUT2D eigenvalue weighted by Gasteiger charge is 2.67. The van der Waals surface area contributed by atoms with Gasteiger partial charge in [0.2, 0.25) is 5.91 Å². The number of aromatic nitrogens is 5. The van der Waals surface area contributed by atoms with Crippen molar-refractivity contribution < 1.29 is 31.1 Å². The number of carbonyl (C=O) groups is 1. The Morgan fingerprint density at radius 3 is 2.48 bits per heavy atom. The minimum absolute atomic E-state index is 0.0937. The molecule has 0 saturated heterocycles. The zero-order chi connectivity index (χ0) is 31.9. The Kier molecular flexibility index (Phi) is 6.52. The van der Waals surface area contributed by atoms with Crippen molar-refractivity contribution in [2.24, 2.45) is 5.92 Å². The summed E-state index contributed by atoms with van der Waals surface area (Å²) in [7, 11) is 0. The number of hydrogen-bond acceptors (Lipinski definition) is 4. The Morgan fingerprint density at radius 2 is 1.78 bits per heavy atom. The molecule has 13 heteroatoms. The number of fused-ring (bicyclic) bond motifs is 4. The van der Waals surface area contributed by atoms with Crippen molar-refractivity contribution in [3.63, 3.8) is 0 Å². The fourth-order valence-corrected chi connectivity index (χ4v) is 6.88. The first-order valence-corrected chi connectivity index (χ1v) is 15.0. The van der Waals surface area contributed by atoms with Gasteiger partial charge in [0.25, 0.3) is 12.3 Å². The van der Waals surface area contributed by atoms with Crippen LogP contribution in [0, 0.1) is 17.6 Å². The van der Waals surface area contributed by atoms with E-state index in [1.54, 1.807) is 0 Å². The predicted molar refractivity (Wildman–Crippen MR) is 154 cm³/mol. The summed E-state index contributed by atoms with van der Waals surface area (Å²) in [5.74, 6) is -7.11. The molecule has 2 N–H and O–H groups in total. The molecular weight excluding hydrogens is 610 g/mol. The topological polar surface area (TPSA) is 88.5 Å². The van der Waals surface area contributed by atoms with Crippen LogP contribution in [-0.2, 0) is 23.7 Å². The number of rotatable bonds is 9. The molecule has 0 radical (unpaired) electrons. The van der Waals surface area contributed by atoms with Gasteiger partial charge in [-0.05, 0) is 72.4 Å². The smallest absolute Gasteiger partial charge is 0.293 e. The second-order valence-electron chi connectivity index (χ2n) is 12.4. The van der Waals surface area contributed by atoms with Gasteiger partial charge in [-0.3, -0.25) is 14.6 Å². The molecule has 2 saturated carbocycles. The Bertz CT molecular complexity index is 1980. The molecule has 3 heterocycles. The van der Waals surface area contributed by atoms with Gasteiger partial charge in [-0.25, -0.2) is 22.5 Å². The fraction of sp³-hybridized carbons (Fsp3) is 0.333. The maximum Gasteiger partial charge on any atom is 0.293 e. The average Bonchev–Trinajstić information content (AvgIpc) is 3.91. The normalized spacial score (nSPS) is 20.2. The monoisotopic (exact) mass is 636 g/mol. The molecule has 2 fully saturated rings. The Balaban J connectivity index is 1.18. The van der Waals surface area contributed by atoms with E-state index in [2.05, 4.69) is 20.6 Å². The van der Waals surface area contributed by atoms with Crippen LogP contribution >= 0.6 is 0 Å². The summed E-state index contributed by atoms with van der Waals surface area (Å²) >= 11 is 0. The molecular formula is C33H26F6N6O. The van der Waals surface area contributed by atoms with E-state index in [0.29, 0.717) is 32.9 Å². The van der Waals surface area contributed by atoms with Crippen molar-refractivity contribution in [3.8, 4) is 11.1 Å². The Hall–Kier alpha value is -4.68. The molecule has 0 spiro atoms. The molecule has 236 valence electrons. The number of aromatic amines is 1. The van der Waals surface area contributed by atoms with Crippen molar-refractivity contribution >= 4 is 16.9 Å². The Labute approximate surface area is 258 Å². The van der Waals surface area contributed by atoms with Crippen molar-refractivity contribution in [2.75, 3.05) is 0 Å². The predicted octanol–water partition coefficient (Wildman–Crippen LogP) is 7.22. The molecule has 5 aromatic rings. The quantitative estimate of drug-likeness (QED) is 0.167. The molecule has 1 amide bonds. The zero-order valence-electron chi connectivity index (χ0n) is 24.1. The number of amides is 1. The van der Waals surface area contributed by atoms with Crippen LogP contribution in [0.4, 0.5) is 26.3 Å². The third-order valence-electron chi connectivity index (χ3n) is 9.21. The molecule has 3 aliphatic rings. The van der Waals surface area contributed by atoms with Crippen LogP contribution in [0.15, 0.2) is 54.7 Å². The molecule has 7 nitrogen and oxygen atoms in total. The molecule has 3 aliphatic carbocycles.